The summed E-state index contributed by atoms with van der Waals surface area (Å²) in [5, 5.41) is 7.46. The number of nitrogens with zero attached hydrogens (tertiary/aromatic N) is 2. The van der Waals surface area contributed by atoms with Crippen molar-refractivity contribution in [1.82, 2.24) is 15.5 Å². The summed E-state index contributed by atoms with van der Waals surface area (Å²) in [6.07, 6.45) is 1.59. The maximum atomic E-state index is 5.33. The summed E-state index contributed by atoms with van der Waals surface area (Å²) in [5.41, 5.74) is 2.36. The minimum absolute atomic E-state index is 0.0429. The van der Waals surface area contributed by atoms with E-state index in [0.29, 0.717) is 24.0 Å². The van der Waals surface area contributed by atoms with Gasteiger partial charge in [-0.25, -0.2) is 0 Å². The highest BCUT2D eigenvalue weighted by atomic mass is 16.5. The number of hydrogen-bond donors (Lipinski definition) is 1. The van der Waals surface area contributed by atoms with Crippen molar-refractivity contribution in [3.05, 3.63) is 96.1 Å². The normalized spacial score (nSPS) is 11.1. The predicted molar refractivity (Wildman–Crippen MR) is 93.6 cm³/mol. The molecular formula is C20H17N3O2. The van der Waals surface area contributed by atoms with Gasteiger partial charge in [0.05, 0.1) is 18.8 Å². The second-order valence-electron chi connectivity index (χ2n) is 5.62. The zero-order valence-electron chi connectivity index (χ0n) is 13.5. The van der Waals surface area contributed by atoms with Crippen molar-refractivity contribution >= 4 is 0 Å². The van der Waals surface area contributed by atoms with Crippen LogP contribution >= 0.6 is 0 Å². The molecule has 0 aliphatic heterocycles. The second kappa shape index (κ2) is 7.15. The fourth-order valence-electron chi connectivity index (χ4n) is 2.74. The second-order valence-corrected chi connectivity index (χ2v) is 5.62. The maximum Gasteiger partial charge on any atom is 0.241 e. The molecule has 5 nitrogen and oxygen atoms in total. The van der Waals surface area contributed by atoms with E-state index >= 15 is 0 Å². The molecule has 0 bridgehead atoms. The van der Waals surface area contributed by atoms with E-state index in [-0.39, 0.29) is 6.04 Å². The Morgan fingerprint density at radius 2 is 1.52 bits per heavy atom. The van der Waals surface area contributed by atoms with Crippen LogP contribution in [-0.2, 0) is 6.54 Å². The lowest BCUT2D eigenvalue weighted by molar-refractivity contribution is 0.362. The number of hydrogen-bond acceptors (Lipinski definition) is 5. The highest BCUT2D eigenvalue weighted by Gasteiger charge is 2.16. The van der Waals surface area contributed by atoms with Crippen molar-refractivity contribution in [1.29, 1.82) is 0 Å². The molecule has 0 radical (unpaired) electrons. The van der Waals surface area contributed by atoms with Crippen molar-refractivity contribution in [2.24, 2.45) is 0 Å². The van der Waals surface area contributed by atoms with Gasteiger partial charge in [-0.05, 0) is 23.3 Å². The van der Waals surface area contributed by atoms with Gasteiger partial charge >= 0.3 is 0 Å². The molecule has 124 valence electrons. The molecule has 0 fully saturated rings. The quantitative estimate of drug-likeness (QED) is 0.573. The molecule has 2 heterocycles. The number of benzene rings is 2. The third-order valence-corrected chi connectivity index (χ3v) is 3.93. The monoisotopic (exact) mass is 331 g/mol. The van der Waals surface area contributed by atoms with Gasteiger partial charge in [-0.15, -0.1) is 0 Å². The van der Waals surface area contributed by atoms with Crippen LogP contribution in [0.15, 0.2) is 88.0 Å². The van der Waals surface area contributed by atoms with Gasteiger partial charge in [0, 0.05) is 0 Å². The topological polar surface area (TPSA) is 64.1 Å². The van der Waals surface area contributed by atoms with Crippen LogP contribution in [0, 0.1) is 0 Å². The molecule has 0 atom stereocenters. The smallest absolute Gasteiger partial charge is 0.241 e. The van der Waals surface area contributed by atoms with Crippen LogP contribution in [0.2, 0.25) is 0 Å². The number of aromatic nitrogens is 2. The first-order valence-electron chi connectivity index (χ1n) is 8.10. The van der Waals surface area contributed by atoms with E-state index in [0.717, 1.165) is 0 Å². The molecule has 25 heavy (non-hydrogen) atoms. The van der Waals surface area contributed by atoms with Gasteiger partial charge in [-0.2, -0.15) is 4.98 Å². The summed E-state index contributed by atoms with van der Waals surface area (Å²) >= 11 is 0. The first-order chi connectivity index (χ1) is 12.4. The van der Waals surface area contributed by atoms with Crippen LogP contribution < -0.4 is 5.32 Å². The molecule has 0 unspecified atom stereocenters. The fourth-order valence-corrected chi connectivity index (χ4v) is 2.74. The fraction of sp³-hybridized carbons (Fsp3) is 0.100. The van der Waals surface area contributed by atoms with Gasteiger partial charge < -0.3 is 8.94 Å². The average Bonchev–Trinajstić information content (AvgIpc) is 3.35. The summed E-state index contributed by atoms with van der Waals surface area (Å²) in [6.45, 7) is 0.460. The summed E-state index contributed by atoms with van der Waals surface area (Å²) in [7, 11) is 0. The molecule has 4 rings (SSSR count). The first-order valence-corrected chi connectivity index (χ1v) is 8.10. The Labute approximate surface area is 145 Å². The first kappa shape index (κ1) is 15.4. The number of furan rings is 1. The van der Waals surface area contributed by atoms with Crippen molar-refractivity contribution < 1.29 is 8.94 Å². The van der Waals surface area contributed by atoms with Crippen LogP contribution in [0.1, 0.15) is 23.1 Å². The molecule has 0 amide bonds. The van der Waals surface area contributed by atoms with Crippen LogP contribution in [0.5, 0.6) is 0 Å². The Hall–Kier alpha value is -3.18. The lowest BCUT2D eigenvalue weighted by Crippen LogP contribution is -2.22. The maximum absolute atomic E-state index is 5.33. The van der Waals surface area contributed by atoms with Crippen molar-refractivity contribution in [3.8, 4) is 11.6 Å². The third kappa shape index (κ3) is 3.51. The molecule has 4 aromatic rings. The van der Waals surface area contributed by atoms with E-state index in [2.05, 4.69) is 39.7 Å². The largest absolute Gasteiger partial charge is 0.461 e. The van der Waals surface area contributed by atoms with Gasteiger partial charge in [-0.3, -0.25) is 5.32 Å². The Bertz CT molecular complexity index is 863. The summed E-state index contributed by atoms with van der Waals surface area (Å²) in [6, 6.07) is 24.2. The van der Waals surface area contributed by atoms with Crippen LogP contribution in [-0.4, -0.2) is 10.1 Å². The minimum atomic E-state index is 0.0429. The standard InChI is InChI=1S/C20H17N3O2/c1-3-8-15(9-4-1)19(16-10-5-2-6-11-16)21-14-18-22-20(23-25-18)17-12-7-13-24-17/h1-13,19,21H,14H2. The highest BCUT2D eigenvalue weighted by Crippen LogP contribution is 2.22. The Morgan fingerprint density at radius 1 is 0.840 bits per heavy atom. The van der Waals surface area contributed by atoms with Gasteiger partial charge in [0.1, 0.15) is 0 Å². The summed E-state index contributed by atoms with van der Waals surface area (Å²) in [4.78, 5) is 4.38. The van der Waals surface area contributed by atoms with E-state index in [9.17, 15) is 0 Å². The summed E-state index contributed by atoms with van der Waals surface area (Å²) < 4.78 is 10.6. The van der Waals surface area contributed by atoms with Crippen LogP contribution in [0.4, 0.5) is 0 Å². The summed E-state index contributed by atoms with van der Waals surface area (Å²) in [5.74, 6) is 1.57. The van der Waals surface area contributed by atoms with Gasteiger partial charge in [0.2, 0.25) is 11.7 Å². The predicted octanol–water partition coefficient (Wildman–Crippen LogP) is 4.21. The Morgan fingerprint density at radius 3 is 2.12 bits per heavy atom. The zero-order chi connectivity index (χ0) is 16.9. The molecule has 5 heteroatoms. The third-order valence-electron chi connectivity index (χ3n) is 3.93. The molecule has 0 saturated heterocycles. The molecule has 0 saturated carbocycles. The SMILES string of the molecule is c1ccc(C(NCc2nc(-c3ccco3)no2)c2ccccc2)cc1. The van der Waals surface area contributed by atoms with Crippen molar-refractivity contribution in [3.63, 3.8) is 0 Å². The molecule has 1 N–H and O–H groups in total. The molecule has 0 aliphatic rings. The molecule has 2 aromatic heterocycles. The van der Waals surface area contributed by atoms with E-state index < -0.39 is 0 Å². The van der Waals surface area contributed by atoms with Gasteiger partial charge in [0.25, 0.3) is 0 Å². The molecule has 2 aromatic carbocycles. The Kier molecular flexibility index (Phi) is 4.39. The Balaban J connectivity index is 1.54. The molecule has 0 aliphatic carbocycles. The van der Waals surface area contributed by atoms with Crippen molar-refractivity contribution in [2.45, 2.75) is 12.6 Å². The zero-order valence-corrected chi connectivity index (χ0v) is 13.5. The minimum Gasteiger partial charge on any atom is -0.461 e. The molecular weight excluding hydrogens is 314 g/mol. The van der Waals surface area contributed by atoms with Gasteiger partial charge in [-0.1, -0.05) is 65.8 Å². The molecule has 0 spiro atoms. The lowest BCUT2D eigenvalue weighted by atomic mass is 9.99. The number of nitrogens with one attached hydrogen (secondary N) is 1. The number of rotatable bonds is 6. The highest BCUT2D eigenvalue weighted by molar-refractivity contribution is 5.44. The lowest BCUT2D eigenvalue weighted by Gasteiger charge is -2.18. The van der Waals surface area contributed by atoms with E-state index in [1.165, 1.54) is 11.1 Å². The van der Waals surface area contributed by atoms with E-state index in [1.807, 2.05) is 36.4 Å². The van der Waals surface area contributed by atoms with E-state index in [1.54, 1.807) is 18.4 Å². The van der Waals surface area contributed by atoms with Gasteiger partial charge in [0.15, 0.2) is 5.76 Å². The van der Waals surface area contributed by atoms with Crippen LogP contribution in [0.25, 0.3) is 11.6 Å². The van der Waals surface area contributed by atoms with Crippen LogP contribution in [0.3, 0.4) is 0 Å². The van der Waals surface area contributed by atoms with Crippen molar-refractivity contribution in [2.75, 3.05) is 0 Å². The van der Waals surface area contributed by atoms with E-state index in [4.69, 9.17) is 8.94 Å². The average molecular weight is 331 g/mol.